The largest absolute Gasteiger partial charge is 0.323 e. The van der Waals surface area contributed by atoms with Gasteiger partial charge in [0.05, 0.1) is 6.21 Å². The first-order chi connectivity index (χ1) is 5.75. The maximum Gasteiger partial charge on any atom is 0.227 e. The smallest absolute Gasteiger partial charge is 0.227 e. The fraction of sp³-hybridized carbons (Fsp3) is 0. The van der Waals surface area contributed by atoms with Gasteiger partial charge in [-0.15, -0.1) is 0 Å². The molecule has 4 nitrogen and oxygen atoms in total. The minimum atomic E-state index is -0.678. The molecule has 0 amide bonds. The second kappa shape index (κ2) is 3.56. The van der Waals surface area contributed by atoms with Gasteiger partial charge < -0.3 is 5.84 Å². The molecule has 0 bridgehead atoms. The molecule has 2 N–H and O–H groups in total. The molecule has 0 saturated carbocycles. The van der Waals surface area contributed by atoms with Gasteiger partial charge in [0.25, 0.3) is 0 Å². The molecule has 0 aromatic carbocycles. The first-order valence-electron chi connectivity index (χ1n) is 3.14. The fourth-order valence-electron chi connectivity index (χ4n) is 0.696. The van der Waals surface area contributed by atoms with Gasteiger partial charge in [-0.25, -0.2) is 9.37 Å². The summed E-state index contributed by atoms with van der Waals surface area (Å²) >= 11 is 0. The van der Waals surface area contributed by atoms with Crippen LogP contribution >= 0.6 is 0 Å². The predicted octanol–water partition coefficient (Wildman–Crippen LogP) is 0.348. The van der Waals surface area contributed by atoms with Crippen molar-refractivity contribution < 1.29 is 9.18 Å². The van der Waals surface area contributed by atoms with Crippen molar-refractivity contribution >= 4 is 12.0 Å². The van der Waals surface area contributed by atoms with Crippen LogP contribution in [0.15, 0.2) is 23.4 Å². The second-order valence-electron chi connectivity index (χ2n) is 1.98. The summed E-state index contributed by atoms with van der Waals surface area (Å²) < 4.78 is 12.8. The number of aromatic nitrogens is 1. The zero-order chi connectivity index (χ0) is 8.97. The number of ketones is 1. The number of hydrogen-bond acceptors (Lipinski definition) is 4. The number of hydrazone groups is 1. The van der Waals surface area contributed by atoms with Crippen LogP contribution in [0.5, 0.6) is 0 Å². The highest BCUT2D eigenvalue weighted by Gasteiger charge is 2.09. The lowest BCUT2D eigenvalue weighted by atomic mass is 10.2. The molecule has 0 aliphatic heterocycles. The van der Waals surface area contributed by atoms with Gasteiger partial charge in [-0.2, -0.15) is 5.10 Å². The highest BCUT2D eigenvalue weighted by Crippen LogP contribution is 2.01. The maximum atomic E-state index is 12.8. The Morgan fingerprint density at radius 2 is 2.50 bits per heavy atom. The van der Waals surface area contributed by atoms with Gasteiger partial charge >= 0.3 is 0 Å². The molecule has 0 fully saturated rings. The van der Waals surface area contributed by atoms with Crippen LogP contribution in [-0.2, 0) is 0 Å². The van der Waals surface area contributed by atoms with Gasteiger partial charge in [0.2, 0.25) is 5.78 Å². The van der Waals surface area contributed by atoms with Crippen LogP contribution in [0.4, 0.5) is 4.39 Å². The number of Topliss-reactive ketones (excluding diaryl/α,β-unsaturated/α-hetero) is 1. The third-order valence-corrected chi connectivity index (χ3v) is 1.18. The van der Waals surface area contributed by atoms with Gasteiger partial charge in [0.15, 0.2) is 5.82 Å². The molecule has 1 aromatic heterocycles. The van der Waals surface area contributed by atoms with Crippen molar-refractivity contribution in [2.75, 3.05) is 0 Å². The first kappa shape index (κ1) is 8.32. The van der Waals surface area contributed by atoms with E-state index in [-0.39, 0.29) is 5.69 Å². The standard InChI is InChI=1S/C7H6FN3O/c8-5-2-1-3-10-7(5)6(12)4-11-9/h1-4H,9H2. The lowest BCUT2D eigenvalue weighted by Gasteiger charge is -1.93. The normalized spacial score (nSPS) is 10.4. The van der Waals surface area contributed by atoms with Crippen molar-refractivity contribution in [1.82, 2.24) is 4.98 Å². The van der Waals surface area contributed by atoms with Crippen molar-refractivity contribution in [1.29, 1.82) is 0 Å². The summed E-state index contributed by atoms with van der Waals surface area (Å²) in [6.07, 6.45) is 2.13. The number of halogens is 1. The zero-order valence-corrected chi connectivity index (χ0v) is 6.07. The molecule has 1 aromatic rings. The van der Waals surface area contributed by atoms with Crippen LogP contribution in [-0.4, -0.2) is 17.0 Å². The molecule has 0 aliphatic carbocycles. The van der Waals surface area contributed by atoms with E-state index >= 15 is 0 Å². The molecule has 0 spiro atoms. The van der Waals surface area contributed by atoms with E-state index in [4.69, 9.17) is 5.84 Å². The second-order valence-corrected chi connectivity index (χ2v) is 1.98. The molecule has 1 heterocycles. The van der Waals surface area contributed by atoms with Crippen molar-refractivity contribution in [2.45, 2.75) is 0 Å². The van der Waals surface area contributed by atoms with Crippen LogP contribution in [0.2, 0.25) is 0 Å². The monoisotopic (exact) mass is 167 g/mol. The van der Waals surface area contributed by atoms with Gasteiger partial charge in [-0.05, 0) is 12.1 Å². The average molecular weight is 167 g/mol. The van der Waals surface area contributed by atoms with Crippen molar-refractivity contribution in [3.05, 3.63) is 29.8 Å². The average Bonchev–Trinajstić information content (AvgIpc) is 2.05. The molecule has 62 valence electrons. The van der Waals surface area contributed by atoms with Crippen molar-refractivity contribution in [3.63, 3.8) is 0 Å². The zero-order valence-electron chi connectivity index (χ0n) is 6.07. The summed E-state index contributed by atoms with van der Waals surface area (Å²) in [7, 11) is 0. The lowest BCUT2D eigenvalue weighted by Crippen LogP contribution is -2.07. The molecular formula is C7H6FN3O. The highest BCUT2D eigenvalue weighted by atomic mass is 19.1. The van der Waals surface area contributed by atoms with Gasteiger partial charge in [-0.1, -0.05) is 0 Å². The minimum Gasteiger partial charge on any atom is -0.323 e. The Morgan fingerprint density at radius 1 is 1.75 bits per heavy atom. The van der Waals surface area contributed by atoms with E-state index in [9.17, 15) is 9.18 Å². The molecule has 12 heavy (non-hydrogen) atoms. The Labute approximate surface area is 67.9 Å². The minimum absolute atomic E-state index is 0.272. The molecule has 5 heteroatoms. The number of rotatable bonds is 2. The van der Waals surface area contributed by atoms with E-state index in [1.807, 2.05) is 0 Å². The molecule has 0 unspecified atom stereocenters. The van der Waals surface area contributed by atoms with Gasteiger partial charge in [0, 0.05) is 6.20 Å². The molecule has 1 rings (SSSR count). The summed E-state index contributed by atoms with van der Waals surface area (Å²) in [4.78, 5) is 14.5. The molecule has 0 saturated heterocycles. The number of carbonyl (C=O) groups excluding carboxylic acids is 1. The maximum absolute atomic E-state index is 12.8. The topological polar surface area (TPSA) is 68.3 Å². The van der Waals surface area contributed by atoms with E-state index in [0.29, 0.717) is 0 Å². The third kappa shape index (κ3) is 1.63. The Hall–Kier alpha value is -1.78. The van der Waals surface area contributed by atoms with Crippen LogP contribution in [0.3, 0.4) is 0 Å². The summed E-state index contributed by atoms with van der Waals surface area (Å²) in [5.74, 6) is 3.39. The Balaban J connectivity index is 3.03. The Kier molecular flexibility index (Phi) is 2.47. The Bertz CT molecular complexity index is 324. The number of nitrogens with zero attached hydrogens (tertiary/aromatic N) is 2. The number of pyridine rings is 1. The van der Waals surface area contributed by atoms with Gasteiger partial charge in [0.1, 0.15) is 5.69 Å². The van der Waals surface area contributed by atoms with Crippen LogP contribution in [0.25, 0.3) is 0 Å². The number of carbonyl (C=O) groups is 1. The molecule has 0 radical (unpaired) electrons. The van der Waals surface area contributed by atoms with Crippen molar-refractivity contribution in [3.8, 4) is 0 Å². The fourth-order valence-corrected chi connectivity index (χ4v) is 0.696. The highest BCUT2D eigenvalue weighted by molar-refractivity contribution is 6.34. The number of nitrogens with two attached hydrogens (primary N) is 1. The van der Waals surface area contributed by atoms with Crippen LogP contribution in [0, 0.1) is 5.82 Å². The molecule has 0 atom stereocenters. The van der Waals surface area contributed by atoms with E-state index in [0.717, 1.165) is 12.3 Å². The van der Waals surface area contributed by atoms with Crippen molar-refractivity contribution in [2.24, 2.45) is 10.9 Å². The lowest BCUT2D eigenvalue weighted by molar-refractivity contribution is 0.106. The quantitative estimate of drug-likeness (QED) is 0.299. The van der Waals surface area contributed by atoms with Crippen LogP contribution in [0.1, 0.15) is 10.5 Å². The summed E-state index contributed by atoms with van der Waals surface area (Å²) in [5.41, 5.74) is -0.272. The molecule has 0 aliphatic rings. The van der Waals surface area contributed by atoms with E-state index in [1.54, 1.807) is 0 Å². The third-order valence-electron chi connectivity index (χ3n) is 1.18. The SMILES string of the molecule is NN=CC(=O)c1ncccc1F. The molecular weight excluding hydrogens is 161 g/mol. The summed E-state index contributed by atoms with van der Waals surface area (Å²) in [6.45, 7) is 0. The summed E-state index contributed by atoms with van der Waals surface area (Å²) in [5, 5.41) is 2.97. The van der Waals surface area contributed by atoms with Gasteiger partial charge in [-0.3, -0.25) is 4.79 Å². The number of hydrogen-bond donors (Lipinski definition) is 1. The van der Waals surface area contributed by atoms with E-state index in [1.165, 1.54) is 12.3 Å². The summed E-state index contributed by atoms with van der Waals surface area (Å²) in [6, 6.07) is 2.54. The Morgan fingerprint density at radius 3 is 3.08 bits per heavy atom. The van der Waals surface area contributed by atoms with E-state index in [2.05, 4.69) is 10.1 Å². The van der Waals surface area contributed by atoms with E-state index < -0.39 is 11.6 Å². The predicted molar refractivity (Wildman–Crippen MR) is 41.2 cm³/mol. The first-order valence-corrected chi connectivity index (χ1v) is 3.14. The van der Waals surface area contributed by atoms with Crippen LogP contribution < -0.4 is 5.84 Å².